The Morgan fingerprint density at radius 2 is 1.81 bits per heavy atom. The number of benzene rings is 2. The molecule has 36 heavy (non-hydrogen) atoms. The van der Waals surface area contributed by atoms with Crippen LogP contribution in [-0.4, -0.2) is 33.1 Å². The van der Waals surface area contributed by atoms with Crippen LogP contribution in [0.2, 0.25) is 5.02 Å². The molecule has 2 heterocycles. The number of carbonyl (C=O) groups is 1. The van der Waals surface area contributed by atoms with Crippen molar-refractivity contribution in [2.24, 2.45) is 0 Å². The van der Waals surface area contributed by atoms with E-state index < -0.39 is 0 Å². The minimum atomic E-state index is -0.333. The van der Waals surface area contributed by atoms with Crippen LogP contribution in [0.5, 0.6) is 11.5 Å². The Bertz CT molecular complexity index is 1320. The van der Waals surface area contributed by atoms with Crippen LogP contribution in [0.25, 0.3) is 11.1 Å². The zero-order chi connectivity index (χ0) is 26.1. The molecule has 186 valence electrons. The lowest BCUT2D eigenvalue weighted by Gasteiger charge is -2.45. The lowest BCUT2D eigenvalue weighted by atomic mass is 9.85. The summed E-state index contributed by atoms with van der Waals surface area (Å²) in [6.45, 7) is 8.11. The average molecular weight is 506 g/mol. The quantitative estimate of drug-likeness (QED) is 0.468. The van der Waals surface area contributed by atoms with Crippen LogP contribution in [-0.2, 0) is 4.74 Å². The number of aromatic nitrogens is 2. The van der Waals surface area contributed by atoms with Crippen LogP contribution in [0, 0.1) is 11.3 Å². The highest BCUT2D eigenvalue weighted by Crippen LogP contribution is 2.37. The summed E-state index contributed by atoms with van der Waals surface area (Å²) in [5, 5.41) is 13.2. The van der Waals surface area contributed by atoms with Crippen LogP contribution in [0.15, 0.2) is 48.8 Å². The normalized spacial score (nSPS) is 16.7. The number of nitrogens with zero attached hydrogens (tertiary/aromatic N) is 3. The summed E-state index contributed by atoms with van der Waals surface area (Å²) in [6.07, 6.45) is 4.51. The molecular formula is C27H28ClN5O3. The molecule has 0 radical (unpaired) electrons. The van der Waals surface area contributed by atoms with Gasteiger partial charge in [-0.1, -0.05) is 23.7 Å². The summed E-state index contributed by atoms with van der Waals surface area (Å²) in [6, 6.07) is 12.2. The molecule has 0 aliphatic carbocycles. The molecule has 3 aromatic rings. The summed E-state index contributed by atoms with van der Waals surface area (Å²) >= 11 is 6.48. The first-order valence-electron chi connectivity index (χ1n) is 11.6. The van der Waals surface area contributed by atoms with Gasteiger partial charge in [-0.15, -0.1) is 0 Å². The first kappa shape index (κ1) is 25.4. The van der Waals surface area contributed by atoms with E-state index >= 15 is 0 Å². The number of nitriles is 1. The minimum Gasteiger partial charge on any atom is -0.454 e. The van der Waals surface area contributed by atoms with Crippen molar-refractivity contribution in [2.75, 3.05) is 5.73 Å². The maximum atomic E-state index is 13.0. The summed E-state index contributed by atoms with van der Waals surface area (Å²) < 4.78 is 12.1. The molecule has 0 atom stereocenters. The summed E-state index contributed by atoms with van der Waals surface area (Å²) in [5.74, 6) is 0.566. The van der Waals surface area contributed by atoms with Gasteiger partial charge in [0.1, 0.15) is 23.1 Å². The van der Waals surface area contributed by atoms with Gasteiger partial charge in [-0.2, -0.15) is 5.26 Å². The van der Waals surface area contributed by atoms with Crippen LogP contribution in [0.3, 0.4) is 0 Å². The summed E-state index contributed by atoms with van der Waals surface area (Å²) in [4.78, 5) is 21.0. The van der Waals surface area contributed by atoms with Gasteiger partial charge in [0, 0.05) is 35.1 Å². The third-order valence-electron chi connectivity index (χ3n) is 5.90. The van der Waals surface area contributed by atoms with Gasteiger partial charge in [-0.05, 0) is 64.8 Å². The molecule has 0 saturated carbocycles. The number of rotatable bonds is 5. The molecule has 1 fully saturated rings. The first-order valence-corrected chi connectivity index (χ1v) is 11.9. The molecule has 9 heteroatoms. The number of carbonyl (C=O) groups excluding carboxylic acids is 1. The number of nitrogens with two attached hydrogens (primary N) is 1. The number of ether oxygens (including phenoxy) is 2. The van der Waals surface area contributed by atoms with Gasteiger partial charge in [0.2, 0.25) is 5.95 Å². The molecule has 4 rings (SSSR count). The molecule has 0 spiro atoms. The SMILES string of the molecule is CC1(C)CC(NC(=O)c2ccc(Oc3cccc(-c4cnc(N)nc4)c3C#N)c(Cl)c2)CC(C)(C)O1. The van der Waals surface area contributed by atoms with E-state index in [1.165, 1.54) is 0 Å². The zero-order valence-electron chi connectivity index (χ0n) is 20.6. The predicted molar refractivity (Wildman–Crippen MR) is 138 cm³/mol. The largest absolute Gasteiger partial charge is 0.454 e. The van der Waals surface area contributed by atoms with Gasteiger partial charge >= 0.3 is 0 Å². The molecular weight excluding hydrogens is 478 g/mol. The molecule has 0 bridgehead atoms. The topological polar surface area (TPSA) is 123 Å². The Balaban J connectivity index is 1.53. The van der Waals surface area contributed by atoms with E-state index in [2.05, 4.69) is 21.4 Å². The smallest absolute Gasteiger partial charge is 0.251 e. The summed E-state index contributed by atoms with van der Waals surface area (Å²) in [7, 11) is 0. The van der Waals surface area contributed by atoms with E-state index in [1.54, 1.807) is 48.8 Å². The second-order valence-corrected chi connectivity index (χ2v) is 10.5. The van der Waals surface area contributed by atoms with Crippen molar-refractivity contribution in [3.63, 3.8) is 0 Å². The number of halogens is 1. The van der Waals surface area contributed by atoms with E-state index in [0.29, 0.717) is 46.6 Å². The lowest BCUT2D eigenvalue weighted by Crippen LogP contribution is -2.52. The van der Waals surface area contributed by atoms with E-state index in [-0.39, 0.29) is 34.1 Å². The van der Waals surface area contributed by atoms with Crippen molar-refractivity contribution in [1.29, 1.82) is 5.26 Å². The molecule has 1 amide bonds. The van der Waals surface area contributed by atoms with Crippen LogP contribution < -0.4 is 15.8 Å². The Hall–Kier alpha value is -3.67. The Morgan fingerprint density at radius 3 is 2.42 bits per heavy atom. The van der Waals surface area contributed by atoms with E-state index in [1.807, 2.05) is 27.7 Å². The molecule has 1 aliphatic heterocycles. The van der Waals surface area contributed by atoms with Gasteiger partial charge in [-0.25, -0.2) is 9.97 Å². The van der Waals surface area contributed by atoms with Crippen molar-refractivity contribution in [3.8, 4) is 28.7 Å². The Kier molecular flexibility index (Phi) is 6.90. The summed E-state index contributed by atoms with van der Waals surface area (Å²) in [5.41, 5.74) is 6.86. The third kappa shape index (κ3) is 5.76. The van der Waals surface area contributed by atoms with E-state index in [4.69, 9.17) is 26.8 Å². The van der Waals surface area contributed by atoms with Gasteiger partial charge < -0.3 is 20.5 Å². The number of hydrogen-bond donors (Lipinski definition) is 2. The van der Waals surface area contributed by atoms with E-state index in [0.717, 1.165) is 0 Å². The van der Waals surface area contributed by atoms with E-state index in [9.17, 15) is 10.1 Å². The minimum absolute atomic E-state index is 0.0239. The molecule has 1 aromatic heterocycles. The second-order valence-electron chi connectivity index (χ2n) is 10.1. The van der Waals surface area contributed by atoms with Crippen molar-refractivity contribution in [3.05, 3.63) is 64.9 Å². The third-order valence-corrected chi connectivity index (χ3v) is 6.19. The van der Waals surface area contributed by atoms with Crippen molar-refractivity contribution in [1.82, 2.24) is 15.3 Å². The predicted octanol–water partition coefficient (Wildman–Crippen LogP) is 5.51. The van der Waals surface area contributed by atoms with Crippen LogP contribution in [0.4, 0.5) is 5.95 Å². The maximum absolute atomic E-state index is 13.0. The van der Waals surface area contributed by atoms with Gasteiger partial charge in [0.05, 0.1) is 16.2 Å². The first-order chi connectivity index (χ1) is 17.0. The molecule has 1 saturated heterocycles. The fourth-order valence-corrected chi connectivity index (χ4v) is 4.97. The molecule has 3 N–H and O–H groups in total. The standard InChI is InChI=1S/C27H28ClN5O3/c1-26(2)11-18(12-27(3,4)36-26)33-24(34)16-8-9-23(21(28)10-16)35-22-7-5-6-19(20(22)13-29)17-14-31-25(30)32-15-17/h5-10,14-15,18H,11-12H2,1-4H3,(H,33,34)(H2,30,31,32). The number of hydrogen-bond acceptors (Lipinski definition) is 7. The average Bonchev–Trinajstić information content (AvgIpc) is 2.78. The zero-order valence-corrected chi connectivity index (χ0v) is 21.4. The lowest BCUT2D eigenvalue weighted by molar-refractivity contribution is -0.162. The highest BCUT2D eigenvalue weighted by atomic mass is 35.5. The number of nitrogen functional groups attached to an aromatic ring is 1. The number of anilines is 1. The highest BCUT2D eigenvalue weighted by molar-refractivity contribution is 6.32. The monoisotopic (exact) mass is 505 g/mol. The Labute approximate surface area is 215 Å². The molecule has 2 aromatic carbocycles. The van der Waals surface area contributed by atoms with Gasteiger partial charge in [0.25, 0.3) is 5.91 Å². The van der Waals surface area contributed by atoms with Crippen molar-refractivity contribution in [2.45, 2.75) is 57.8 Å². The Morgan fingerprint density at radius 1 is 1.14 bits per heavy atom. The van der Waals surface area contributed by atoms with Gasteiger partial charge in [-0.3, -0.25) is 4.79 Å². The maximum Gasteiger partial charge on any atom is 0.251 e. The fraction of sp³-hybridized carbons (Fsp3) is 0.333. The molecule has 8 nitrogen and oxygen atoms in total. The van der Waals surface area contributed by atoms with Crippen molar-refractivity contribution >= 4 is 23.5 Å². The number of nitrogens with one attached hydrogen (secondary N) is 1. The van der Waals surface area contributed by atoms with Crippen LogP contribution >= 0.6 is 11.6 Å². The molecule has 1 aliphatic rings. The molecule has 0 unspecified atom stereocenters. The van der Waals surface area contributed by atoms with Crippen LogP contribution in [0.1, 0.15) is 56.5 Å². The van der Waals surface area contributed by atoms with Crippen molar-refractivity contribution < 1.29 is 14.3 Å². The highest BCUT2D eigenvalue weighted by Gasteiger charge is 2.39. The van der Waals surface area contributed by atoms with Gasteiger partial charge in [0.15, 0.2) is 0 Å². The number of amides is 1. The second kappa shape index (κ2) is 9.76. The fourth-order valence-electron chi connectivity index (χ4n) is 4.75.